The Bertz CT molecular complexity index is 2490. The molecule has 5 heterocycles. The first-order valence-corrected chi connectivity index (χ1v) is 23.6. The summed E-state index contributed by atoms with van der Waals surface area (Å²) >= 11 is 7.22. The van der Waals surface area contributed by atoms with Crippen molar-refractivity contribution in [2.24, 2.45) is 11.7 Å². The Hall–Kier alpha value is -4.70. The van der Waals surface area contributed by atoms with Gasteiger partial charge in [0.05, 0.1) is 11.3 Å². The van der Waals surface area contributed by atoms with Gasteiger partial charge >= 0.3 is 0 Å². The number of carbonyl (C=O) groups excluding carboxylic acids is 3. The molecule has 0 bridgehead atoms. The van der Waals surface area contributed by atoms with E-state index in [-0.39, 0.29) is 29.5 Å². The second kappa shape index (κ2) is 17.9. The number of para-hydroxylation sites is 1. The standard InChI is InChI=1S/C44H51N7O5S3/c45-43(57)30-8-5-7-29(22-30)36-26-51(39-21-28(13-14-33(36)39)24-48-44(54)35-25-47-37-10-2-1-9-32(35)37)31-15-18-50(19-16-31)59(55,56)20-6-17-46-41(52)12-4-3-11-40-34-23-42(53)49-38(34)27-58-40/h1-2,5,7-10,13-14,21-22,25-26,31,34,38,40,47H,3-4,6,11-12,15-20,23-24,27H2,(H2,45,57)(H,46,52)(H,48,54)(H,49,53)/t34-,38-,40-/m0/s1. The molecule has 3 atom stereocenters. The Kier molecular flexibility index (Phi) is 12.4. The Morgan fingerprint density at radius 2 is 1.80 bits per heavy atom. The van der Waals surface area contributed by atoms with Gasteiger partial charge in [0.25, 0.3) is 5.91 Å². The highest BCUT2D eigenvalue weighted by atomic mass is 32.2. The number of rotatable bonds is 16. The first-order chi connectivity index (χ1) is 28.5. The lowest BCUT2D eigenvalue weighted by atomic mass is 9.94. The van der Waals surface area contributed by atoms with Crippen LogP contribution in [-0.2, 0) is 26.2 Å². The lowest BCUT2D eigenvalue weighted by Crippen LogP contribution is -2.40. The number of thioether (sulfide) groups is 1. The molecule has 12 nitrogen and oxygen atoms in total. The molecule has 59 heavy (non-hydrogen) atoms. The third kappa shape index (κ3) is 9.23. The third-order valence-corrected chi connectivity index (χ3v) is 15.9. The molecule has 0 spiro atoms. The molecule has 0 aliphatic carbocycles. The van der Waals surface area contributed by atoms with Gasteiger partial charge in [0.2, 0.25) is 21.8 Å². The molecule has 2 aromatic heterocycles. The summed E-state index contributed by atoms with van der Waals surface area (Å²) < 4.78 is 30.8. The van der Waals surface area contributed by atoms with Gasteiger partial charge < -0.3 is 31.2 Å². The maximum atomic E-state index is 13.4. The van der Waals surface area contributed by atoms with E-state index in [1.807, 2.05) is 66.4 Å². The van der Waals surface area contributed by atoms with Crippen molar-refractivity contribution in [3.05, 3.63) is 95.8 Å². The van der Waals surface area contributed by atoms with Crippen LogP contribution in [-0.4, -0.2) is 87.4 Å². The quantitative estimate of drug-likeness (QED) is 0.0594. The molecule has 3 fully saturated rings. The zero-order valence-electron chi connectivity index (χ0n) is 33.0. The van der Waals surface area contributed by atoms with Gasteiger partial charge in [-0.1, -0.05) is 67.2 Å². The highest BCUT2D eigenvalue weighted by Crippen LogP contribution is 2.41. The Balaban J connectivity index is 0.868. The van der Waals surface area contributed by atoms with Crippen molar-refractivity contribution in [1.29, 1.82) is 0 Å². The van der Waals surface area contributed by atoms with E-state index in [0.29, 0.717) is 86.0 Å². The van der Waals surface area contributed by atoms with Crippen LogP contribution in [0.3, 0.4) is 0 Å². The summed E-state index contributed by atoms with van der Waals surface area (Å²) in [7, 11) is -3.50. The molecule has 310 valence electrons. The van der Waals surface area contributed by atoms with E-state index in [4.69, 9.17) is 18.0 Å². The van der Waals surface area contributed by atoms with Crippen LogP contribution in [0.2, 0.25) is 0 Å². The average Bonchev–Trinajstić information content (AvgIpc) is 4.03. The first-order valence-electron chi connectivity index (χ1n) is 20.6. The number of benzene rings is 3. The number of amides is 3. The molecular formula is C44H51N7O5S3. The lowest BCUT2D eigenvalue weighted by Gasteiger charge is -2.32. The fourth-order valence-electron chi connectivity index (χ4n) is 8.98. The normalized spacial score (nSPS) is 19.9. The number of carbonyl (C=O) groups is 3. The monoisotopic (exact) mass is 853 g/mol. The van der Waals surface area contributed by atoms with Crippen LogP contribution >= 0.6 is 24.0 Å². The number of aromatic amines is 1. The molecular weight excluding hydrogens is 803 g/mol. The van der Waals surface area contributed by atoms with Crippen molar-refractivity contribution in [1.82, 2.24) is 29.8 Å². The van der Waals surface area contributed by atoms with E-state index >= 15 is 0 Å². The van der Waals surface area contributed by atoms with Gasteiger partial charge in [0.1, 0.15) is 4.99 Å². The number of unbranched alkanes of at least 4 members (excludes halogenated alkanes) is 1. The van der Waals surface area contributed by atoms with E-state index in [9.17, 15) is 22.8 Å². The number of thiocarbonyl (C=S) groups is 1. The Morgan fingerprint density at radius 3 is 2.63 bits per heavy atom. The van der Waals surface area contributed by atoms with Crippen LogP contribution < -0.4 is 21.7 Å². The van der Waals surface area contributed by atoms with Crippen LogP contribution in [0, 0.1) is 5.92 Å². The van der Waals surface area contributed by atoms with Crippen molar-refractivity contribution >= 4 is 78.5 Å². The van der Waals surface area contributed by atoms with Gasteiger partial charge in [-0.3, -0.25) is 14.4 Å². The molecule has 0 saturated carbocycles. The molecule has 5 aromatic rings. The molecule has 0 unspecified atom stereocenters. The minimum absolute atomic E-state index is 0.0181. The SMILES string of the molecule is NC(=S)c1cccc(-c2cn(C3CCN(S(=O)(=O)CCCNC(=O)CCCC[C@@H]4SC[C@@H]5NC(=O)C[C@@H]54)CC3)c3cc(CNC(=O)c4c[nH]c5ccccc45)ccc23)c1. The zero-order valence-corrected chi connectivity index (χ0v) is 35.4. The van der Waals surface area contributed by atoms with Crippen LogP contribution in [0.15, 0.2) is 79.1 Å². The largest absolute Gasteiger partial charge is 0.389 e. The number of sulfonamides is 1. The fraction of sp³-hybridized carbons (Fsp3) is 0.409. The molecule has 6 N–H and O–H groups in total. The van der Waals surface area contributed by atoms with E-state index in [1.165, 1.54) is 0 Å². The Labute approximate surface area is 354 Å². The van der Waals surface area contributed by atoms with Crippen molar-refractivity contribution in [3.63, 3.8) is 0 Å². The van der Waals surface area contributed by atoms with Gasteiger partial charge in [-0.25, -0.2) is 12.7 Å². The highest BCUT2D eigenvalue weighted by molar-refractivity contribution is 8.00. The van der Waals surface area contributed by atoms with Gasteiger partial charge in [-0.05, 0) is 61.4 Å². The summed E-state index contributed by atoms with van der Waals surface area (Å²) in [6.07, 6.45) is 9.29. The predicted molar refractivity (Wildman–Crippen MR) is 239 cm³/mol. The number of H-pyrrole nitrogens is 1. The van der Waals surface area contributed by atoms with Gasteiger partial charge in [-0.15, -0.1) is 0 Å². The number of nitrogens with zero attached hydrogens (tertiary/aromatic N) is 2. The van der Waals surface area contributed by atoms with Crippen molar-refractivity contribution < 1.29 is 22.8 Å². The van der Waals surface area contributed by atoms with Gasteiger partial charge in [-0.2, -0.15) is 11.8 Å². The molecule has 8 rings (SSSR count). The minimum Gasteiger partial charge on any atom is -0.389 e. The van der Waals surface area contributed by atoms with E-state index in [1.54, 1.807) is 10.5 Å². The number of piperidine rings is 1. The fourth-order valence-corrected chi connectivity index (χ4v) is 12.3. The number of nitrogens with one attached hydrogen (secondary N) is 4. The molecule has 15 heteroatoms. The lowest BCUT2D eigenvalue weighted by molar-refractivity contribution is -0.121. The number of fused-ring (bicyclic) bond motifs is 3. The highest BCUT2D eigenvalue weighted by Gasteiger charge is 2.42. The number of hydrogen-bond donors (Lipinski definition) is 5. The molecule has 3 amide bonds. The molecule has 3 aliphatic heterocycles. The number of aromatic nitrogens is 2. The maximum Gasteiger partial charge on any atom is 0.253 e. The third-order valence-electron chi connectivity index (χ3n) is 12.1. The summed E-state index contributed by atoms with van der Waals surface area (Å²) in [6.45, 7) is 1.46. The van der Waals surface area contributed by atoms with Gasteiger partial charge in [0.15, 0.2) is 0 Å². The summed E-state index contributed by atoms with van der Waals surface area (Å²) in [6, 6.07) is 22.2. The van der Waals surface area contributed by atoms with Crippen molar-refractivity contribution in [2.45, 2.75) is 75.2 Å². The second-order valence-corrected chi connectivity index (χ2v) is 19.8. The number of nitrogens with two attached hydrogens (primary N) is 1. The summed E-state index contributed by atoms with van der Waals surface area (Å²) in [5.41, 5.74) is 12.2. The van der Waals surface area contributed by atoms with E-state index in [2.05, 4.69) is 43.8 Å². The van der Waals surface area contributed by atoms with E-state index < -0.39 is 10.0 Å². The van der Waals surface area contributed by atoms with Crippen LogP contribution in [0.5, 0.6) is 0 Å². The molecule has 3 aliphatic rings. The van der Waals surface area contributed by atoms with Crippen LogP contribution in [0.1, 0.15) is 78.9 Å². The van der Waals surface area contributed by atoms with Crippen LogP contribution in [0.4, 0.5) is 0 Å². The summed E-state index contributed by atoms with van der Waals surface area (Å²) in [5, 5.41) is 11.5. The van der Waals surface area contributed by atoms with Crippen molar-refractivity contribution in [2.75, 3.05) is 31.1 Å². The van der Waals surface area contributed by atoms with Crippen LogP contribution in [0.25, 0.3) is 32.9 Å². The summed E-state index contributed by atoms with van der Waals surface area (Å²) in [5.74, 6) is 1.33. The first kappa shape index (κ1) is 41.1. The molecule has 0 radical (unpaired) electrons. The zero-order chi connectivity index (χ0) is 41.1. The minimum atomic E-state index is -3.50. The predicted octanol–water partition coefficient (Wildman–Crippen LogP) is 6.01. The smallest absolute Gasteiger partial charge is 0.253 e. The molecule has 3 aromatic carbocycles. The second-order valence-electron chi connectivity index (χ2n) is 16.0. The Morgan fingerprint density at radius 1 is 0.966 bits per heavy atom. The summed E-state index contributed by atoms with van der Waals surface area (Å²) in [4.78, 5) is 41.0. The maximum absolute atomic E-state index is 13.4. The van der Waals surface area contributed by atoms with E-state index in [0.717, 1.165) is 69.1 Å². The van der Waals surface area contributed by atoms with Crippen molar-refractivity contribution in [3.8, 4) is 11.1 Å². The average molecular weight is 854 g/mol. The number of hydrogen-bond acceptors (Lipinski definition) is 7. The molecule has 3 saturated heterocycles. The topological polar surface area (TPSA) is 171 Å². The van der Waals surface area contributed by atoms with Gasteiger partial charge in [0, 0.05) is 113 Å².